The van der Waals surface area contributed by atoms with Gasteiger partial charge >= 0.3 is 0 Å². The van der Waals surface area contributed by atoms with E-state index in [4.69, 9.17) is 26.2 Å². The van der Waals surface area contributed by atoms with E-state index in [0.29, 0.717) is 45.9 Å². The summed E-state index contributed by atoms with van der Waals surface area (Å²) >= 11 is 8.19. The van der Waals surface area contributed by atoms with E-state index in [1.54, 1.807) is 18.5 Å². The predicted octanol–water partition coefficient (Wildman–Crippen LogP) is 7.83. The number of nitriles is 1. The van der Waals surface area contributed by atoms with Crippen molar-refractivity contribution in [3.05, 3.63) is 121 Å². The first kappa shape index (κ1) is 37.9. The van der Waals surface area contributed by atoms with Crippen LogP contribution < -0.4 is 20.1 Å². The Morgan fingerprint density at radius 3 is 2.53 bits per heavy atom. The molecule has 10 nitrogen and oxygen atoms in total. The Labute approximate surface area is 319 Å². The normalized spacial score (nSPS) is 13.0. The molecule has 0 bridgehead atoms. The number of nitrogens with zero attached hydrogens (tertiary/aromatic N) is 4. The molecular weight excluding hydrogens is 708 g/mol. The zero-order valence-corrected chi connectivity index (χ0v) is 31.5. The molecule has 1 fully saturated rings. The monoisotopic (exact) mass is 750 g/mol. The lowest BCUT2D eigenvalue weighted by molar-refractivity contribution is 0.102. The molecule has 53 heavy (non-hydrogen) atoms. The van der Waals surface area contributed by atoms with Crippen molar-refractivity contribution in [2.75, 3.05) is 31.6 Å². The lowest BCUT2D eigenvalue weighted by atomic mass is 9.93. The van der Waals surface area contributed by atoms with Crippen LogP contribution in [0.1, 0.15) is 67.3 Å². The number of rotatable bonds is 15. The maximum absolute atomic E-state index is 13.1. The van der Waals surface area contributed by atoms with Gasteiger partial charge in [-0.1, -0.05) is 48.4 Å². The molecule has 274 valence electrons. The predicted molar refractivity (Wildman–Crippen MR) is 208 cm³/mol. The van der Waals surface area contributed by atoms with E-state index in [1.165, 1.54) is 36.8 Å². The zero-order valence-electron chi connectivity index (χ0n) is 30.0. The van der Waals surface area contributed by atoms with E-state index in [9.17, 15) is 10.1 Å². The van der Waals surface area contributed by atoms with Crippen LogP contribution in [0.4, 0.5) is 5.69 Å². The summed E-state index contributed by atoms with van der Waals surface area (Å²) in [5.74, 6) is 0.940. The maximum atomic E-state index is 13.1. The first-order valence-corrected chi connectivity index (χ1v) is 18.9. The van der Waals surface area contributed by atoms with Gasteiger partial charge in [-0.2, -0.15) is 5.26 Å². The van der Waals surface area contributed by atoms with Crippen molar-refractivity contribution in [1.29, 1.82) is 5.26 Å². The molecule has 6 rings (SSSR count). The van der Waals surface area contributed by atoms with Crippen molar-refractivity contribution in [1.82, 2.24) is 20.2 Å². The van der Waals surface area contributed by atoms with Gasteiger partial charge in [0.2, 0.25) is 0 Å². The molecule has 3 N–H and O–H groups in total. The van der Waals surface area contributed by atoms with Crippen LogP contribution in [0.5, 0.6) is 11.5 Å². The third-order valence-electron chi connectivity index (χ3n) is 9.31. The second kappa shape index (κ2) is 18.3. The number of benzene rings is 3. The number of amides is 1. The number of aliphatic hydroxyl groups excluding tert-OH is 1. The average Bonchev–Trinajstić information content (AvgIpc) is 3.65. The van der Waals surface area contributed by atoms with Gasteiger partial charge in [-0.05, 0) is 85.8 Å². The molecule has 3 heterocycles. The highest BCUT2D eigenvalue weighted by molar-refractivity contribution is 7.13. The number of likely N-dealkylation sites (tertiary alicyclic amines) is 1. The van der Waals surface area contributed by atoms with Crippen molar-refractivity contribution < 1.29 is 19.4 Å². The SMILES string of the molecule is Cc1c(COc2cc(OCc3cncc(C#N)c3)c(CN3CCCCC3)cc2Cl)cccc1-c1cccc(NC(=O)c2ncc(CNCCO)s2)c1C. The molecule has 0 atom stereocenters. The highest BCUT2D eigenvalue weighted by Gasteiger charge is 2.19. The van der Waals surface area contributed by atoms with Crippen LogP contribution in [0, 0.1) is 25.2 Å². The van der Waals surface area contributed by atoms with E-state index in [-0.39, 0.29) is 25.7 Å². The molecule has 12 heteroatoms. The number of anilines is 1. The van der Waals surface area contributed by atoms with Gasteiger partial charge in [0.05, 0.1) is 17.2 Å². The molecule has 0 spiro atoms. The Hall–Kier alpha value is -4.83. The largest absolute Gasteiger partial charge is 0.488 e. The van der Waals surface area contributed by atoms with Gasteiger partial charge in [-0.25, -0.2) is 4.98 Å². The number of carbonyl (C=O) groups is 1. The first-order valence-electron chi connectivity index (χ1n) is 17.7. The van der Waals surface area contributed by atoms with Crippen LogP contribution in [0.2, 0.25) is 5.02 Å². The summed E-state index contributed by atoms with van der Waals surface area (Å²) in [5, 5.41) is 25.4. The number of hydrogen-bond donors (Lipinski definition) is 3. The number of ether oxygens (including phenoxy) is 2. The number of hydrogen-bond acceptors (Lipinski definition) is 10. The minimum absolute atomic E-state index is 0.0510. The minimum atomic E-state index is -0.267. The smallest absolute Gasteiger partial charge is 0.284 e. The summed E-state index contributed by atoms with van der Waals surface area (Å²) in [6.45, 7) is 8.47. The van der Waals surface area contributed by atoms with Gasteiger partial charge in [0, 0.05) is 66.0 Å². The summed E-state index contributed by atoms with van der Waals surface area (Å²) < 4.78 is 12.8. The van der Waals surface area contributed by atoms with Crippen molar-refractivity contribution in [3.63, 3.8) is 0 Å². The van der Waals surface area contributed by atoms with Crippen LogP contribution >= 0.6 is 22.9 Å². The molecule has 1 aliphatic heterocycles. The van der Waals surface area contributed by atoms with Crippen LogP contribution in [0.3, 0.4) is 0 Å². The van der Waals surface area contributed by atoms with Crippen LogP contribution in [-0.4, -0.2) is 52.1 Å². The van der Waals surface area contributed by atoms with Crippen LogP contribution in [0.15, 0.2) is 73.2 Å². The van der Waals surface area contributed by atoms with Gasteiger partial charge in [0.15, 0.2) is 5.01 Å². The Balaban J connectivity index is 1.19. The van der Waals surface area contributed by atoms with E-state index < -0.39 is 0 Å². The standard InChI is InChI=1S/C41H43ClN6O4S/c1-27-31(8-6-9-34(27)35-10-7-11-37(28(35)2)47-40(50)41-46-23-33(53-41)22-44-12-15-49)26-52-39-18-38(51-25-30-16-29(19-43)20-45-21-30)32(17-36(39)42)24-48-13-4-3-5-14-48/h6-11,16-18,20-21,23,44,49H,3-5,12-15,22,24-26H2,1-2H3,(H,47,50). The van der Waals surface area contributed by atoms with Crippen molar-refractivity contribution in [2.24, 2.45) is 0 Å². The molecule has 2 aromatic heterocycles. The quantitative estimate of drug-likeness (QED) is 0.0917. The Bertz CT molecular complexity index is 2090. The summed E-state index contributed by atoms with van der Waals surface area (Å²) in [7, 11) is 0. The Morgan fingerprint density at radius 2 is 1.74 bits per heavy atom. The second-order valence-corrected chi connectivity index (χ2v) is 14.6. The molecule has 0 aliphatic carbocycles. The van der Waals surface area contributed by atoms with Gasteiger partial charge in [0.1, 0.15) is 30.8 Å². The van der Waals surface area contributed by atoms with E-state index in [1.807, 2.05) is 43.3 Å². The molecule has 0 unspecified atom stereocenters. The molecule has 1 aliphatic rings. The lowest BCUT2D eigenvalue weighted by Gasteiger charge is -2.27. The molecule has 0 saturated carbocycles. The van der Waals surface area contributed by atoms with Crippen molar-refractivity contribution in [2.45, 2.75) is 59.4 Å². The summed E-state index contributed by atoms with van der Waals surface area (Å²) in [6, 6.07) is 19.7. The van der Waals surface area contributed by atoms with Gasteiger partial charge in [-0.15, -0.1) is 11.3 Å². The number of thiazole rings is 1. The number of pyridine rings is 1. The van der Waals surface area contributed by atoms with E-state index >= 15 is 0 Å². The fraction of sp³-hybridized carbons (Fsp3) is 0.317. The summed E-state index contributed by atoms with van der Waals surface area (Å²) in [4.78, 5) is 25.0. The number of aliphatic hydroxyl groups is 1. The highest BCUT2D eigenvalue weighted by Crippen LogP contribution is 2.37. The fourth-order valence-electron chi connectivity index (χ4n) is 6.40. The van der Waals surface area contributed by atoms with Gasteiger partial charge in [-0.3, -0.25) is 14.7 Å². The fourth-order valence-corrected chi connectivity index (χ4v) is 7.42. The number of piperidine rings is 1. The topological polar surface area (TPSA) is 133 Å². The van der Waals surface area contributed by atoms with Crippen molar-refractivity contribution >= 4 is 34.5 Å². The lowest BCUT2D eigenvalue weighted by Crippen LogP contribution is -2.29. The number of halogens is 1. The summed E-state index contributed by atoms with van der Waals surface area (Å²) in [6.07, 6.45) is 8.52. The minimum Gasteiger partial charge on any atom is -0.488 e. The Kier molecular flexibility index (Phi) is 13.1. The third-order valence-corrected chi connectivity index (χ3v) is 10.6. The molecular formula is C41H43ClN6O4S. The molecule has 1 amide bonds. The zero-order chi connectivity index (χ0) is 37.2. The second-order valence-electron chi connectivity index (χ2n) is 13.1. The third kappa shape index (κ3) is 9.79. The average molecular weight is 751 g/mol. The van der Waals surface area contributed by atoms with Crippen LogP contribution in [0.25, 0.3) is 11.1 Å². The van der Waals surface area contributed by atoms with Crippen molar-refractivity contribution in [3.8, 4) is 28.7 Å². The van der Waals surface area contributed by atoms with E-state index in [0.717, 1.165) is 63.5 Å². The van der Waals surface area contributed by atoms with E-state index in [2.05, 4.69) is 50.6 Å². The van der Waals surface area contributed by atoms with Gasteiger partial charge < -0.3 is 25.2 Å². The number of aromatic nitrogens is 2. The highest BCUT2D eigenvalue weighted by atomic mass is 35.5. The molecule has 0 radical (unpaired) electrons. The molecule has 1 saturated heterocycles. The van der Waals surface area contributed by atoms with Gasteiger partial charge in [0.25, 0.3) is 5.91 Å². The molecule has 5 aromatic rings. The van der Waals surface area contributed by atoms with Crippen LogP contribution in [-0.2, 0) is 26.3 Å². The number of carbonyl (C=O) groups excluding carboxylic acids is 1. The Morgan fingerprint density at radius 1 is 0.962 bits per heavy atom. The maximum Gasteiger partial charge on any atom is 0.284 e. The first-order chi connectivity index (χ1) is 25.8. The number of nitrogens with one attached hydrogen (secondary N) is 2. The summed E-state index contributed by atoms with van der Waals surface area (Å²) in [5.41, 5.74) is 8.01. The molecule has 3 aromatic carbocycles.